The van der Waals surface area contributed by atoms with Crippen LogP contribution in [-0.4, -0.2) is 47.7 Å². The lowest BCUT2D eigenvalue weighted by Gasteiger charge is -2.45. The maximum Gasteiger partial charge on any atom is 0.352 e. The molecule has 3 saturated heterocycles. The molecule has 1 aromatic carbocycles. The summed E-state index contributed by atoms with van der Waals surface area (Å²) in [7, 11) is 1.64. The average Bonchev–Trinajstić information content (AvgIpc) is 2.94. The number of hydrogen-bond acceptors (Lipinski definition) is 3. The molecule has 4 heterocycles. The second-order valence-electron chi connectivity index (χ2n) is 6.37. The number of aromatic nitrogens is 1. The van der Waals surface area contributed by atoms with Gasteiger partial charge in [0, 0.05) is 23.4 Å². The molecule has 116 valence electrons. The highest BCUT2D eigenvalue weighted by Crippen LogP contribution is 2.43. The fourth-order valence-corrected chi connectivity index (χ4v) is 4.16. The number of benzene rings is 1. The van der Waals surface area contributed by atoms with Crippen LogP contribution in [0.25, 0.3) is 10.9 Å². The van der Waals surface area contributed by atoms with Gasteiger partial charge >= 0.3 is 5.97 Å². The molecule has 0 radical (unpaired) electrons. The van der Waals surface area contributed by atoms with Crippen molar-refractivity contribution >= 4 is 16.9 Å². The van der Waals surface area contributed by atoms with E-state index in [1.165, 1.54) is 12.8 Å². The van der Waals surface area contributed by atoms with E-state index in [1.54, 1.807) is 7.11 Å². The molecule has 5 heteroatoms. The summed E-state index contributed by atoms with van der Waals surface area (Å²) in [6.07, 6.45) is 2.33. The highest BCUT2D eigenvalue weighted by atomic mass is 16.5. The first-order valence-corrected chi connectivity index (χ1v) is 7.82. The molecule has 5 rings (SSSR count). The number of aromatic amines is 1. The number of H-pyrrole nitrogens is 1. The van der Waals surface area contributed by atoms with E-state index in [0.29, 0.717) is 17.5 Å². The minimum absolute atomic E-state index is 0.300. The molecule has 0 amide bonds. The molecule has 3 aliphatic heterocycles. The van der Waals surface area contributed by atoms with Crippen molar-refractivity contribution in [3.63, 3.8) is 0 Å². The Labute approximate surface area is 128 Å². The lowest BCUT2D eigenvalue weighted by atomic mass is 9.74. The highest BCUT2D eigenvalue weighted by molar-refractivity contribution is 5.98. The Hall–Kier alpha value is -2.01. The topological polar surface area (TPSA) is 65.6 Å². The van der Waals surface area contributed by atoms with Crippen LogP contribution in [0, 0.1) is 5.92 Å². The molecule has 0 saturated carbocycles. The van der Waals surface area contributed by atoms with Gasteiger partial charge in [0.25, 0.3) is 0 Å². The zero-order valence-corrected chi connectivity index (χ0v) is 12.6. The van der Waals surface area contributed by atoms with E-state index in [2.05, 4.69) is 9.88 Å². The second-order valence-corrected chi connectivity index (χ2v) is 6.37. The Morgan fingerprint density at radius 3 is 2.73 bits per heavy atom. The van der Waals surface area contributed by atoms with E-state index in [1.807, 2.05) is 18.2 Å². The van der Waals surface area contributed by atoms with Crippen molar-refractivity contribution in [2.24, 2.45) is 5.92 Å². The van der Waals surface area contributed by atoms with E-state index < -0.39 is 5.97 Å². The molecule has 22 heavy (non-hydrogen) atoms. The lowest BCUT2D eigenvalue weighted by Crippen LogP contribution is -2.46. The fraction of sp³-hybridized carbons (Fsp3) is 0.471. The number of ether oxygens (including phenoxy) is 1. The summed E-state index contributed by atoms with van der Waals surface area (Å²) >= 11 is 0. The van der Waals surface area contributed by atoms with Crippen molar-refractivity contribution in [3.8, 4) is 5.75 Å². The highest BCUT2D eigenvalue weighted by Gasteiger charge is 2.38. The fourth-order valence-electron chi connectivity index (χ4n) is 4.16. The second kappa shape index (κ2) is 5.02. The normalized spacial score (nSPS) is 27.2. The van der Waals surface area contributed by atoms with Gasteiger partial charge in [-0.05, 0) is 55.6 Å². The van der Waals surface area contributed by atoms with Crippen molar-refractivity contribution in [2.75, 3.05) is 26.7 Å². The van der Waals surface area contributed by atoms with E-state index >= 15 is 0 Å². The maximum atomic E-state index is 11.7. The summed E-state index contributed by atoms with van der Waals surface area (Å²) < 4.78 is 5.32. The van der Waals surface area contributed by atoms with Gasteiger partial charge in [0.15, 0.2) is 0 Å². The number of carboxylic acid groups (broad SMARTS) is 1. The number of carboxylic acids is 1. The summed E-state index contributed by atoms with van der Waals surface area (Å²) in [5.74, 6) is 0.787. The monoisotopic (exact) mass is 300 g/mol. The van der Waals surface area contributed by atoms with Crippen molar-refractivity contribution in [1.82, 2.24) is 9.88 Å². The molecule has 1 aromatic heterocycles. The first-order valence-electron chi connectivity index (χ1n) is 7.82. The number of fused-ring (bicyclic) bond motifs is 4. The Kier molecular flexibility index (Phi) is 3.11. The largest absolute Gasteiger partial charge is 0.497 e. The Bertz CT molecular complexity index is 729. The number of aromatic carboxylic acids is 1. The minimum Gasteiger partial charge on any atom is -0.497 e. The standard InChI is InChI=1S/C17H20N2O3/c1-22-11-2-3-14-12(8-11)15(16(18-14)17(20)21)13-9-19-6-4-10(13)5-7-19/h2-3,8,10,13,18H,4-7,9H2,1H3,(H,20,21). The van der Waals surface area contributed by atoms with Crippen molar-refractivity contribution in [2.45, 2.75) is 18.8 Å². The van der Waals surface area contributed by atoms with Gasteiger partial charge in [0.2, 0.25) is 0 Å². The molecule has 2 N–H and O–H groups in total. The third kappa shape index (κ3) is 2.00. The predicted octanol–water partition coefficient (Wildman–Crippen LogP) is 2.68. The predicted molar refractivity (Wildman–Crippen MR) is 83.7 cm³/mol. The number of methoxy groups -OCH3 is 1. The van der Waals surface area contributed by atoms with Crippen LogP contribution in [0.15, 0.2) is 18.2 Å². The Morgan fingerprint density at radius 1 is 1.36 bits per heavy atom. The van der Waals surface area contributed by atoms with Gasteiger partial charge in [0.1, 0.15) is 11.4 Å². The number of nitrogens with one attached hydrogen (secondary N) is 1. The van der Waals surface area contributed by atoms with Crippen LogP contribution in [-0.2, 0) is 0 Å². The third-order valence-corrected chi connectivity index (χ3v) is 5.29. The molecule has 1 unspecified atom stereocenters. The summed E-state index contributed by atoms with van der Waals surface area (Å²) in [5.41, 5.74) is 2.20. The molecule has 5 nitrogen and oxygen atoms in total. The number of hydrogen-bond donors (Lipinski definition) is 2. The van der Waals surface area contributed by atoms with E-state index in [9.17, 15) is 9.90 Å². The summed E-state index contributed by atoms with van der Waals surface area (Å²) in [6.45, 7) is 3.26. The molecule has 0 spiro atoms. The third-order valence-electron chi connectivity index (χ3n) is 5.29. The molecular weight excluding hydrogens is 280 g/mol. The van der Waals surface area contributed by atoms with Gasteiger partial charge in [-0.1, -0.05) is 0 Å². The van der Waals surface area contributed by atoms with Gasteiger partial charge in [-0.25, -0.2) is 4.79 Å². The quantitative estimate of drug-likeness (QED) is 0.914. The first-order chi connectivity index (χ1) is 10.7. The van der Waals surface area contributed by atoms with E-state index in [-0.39, 0.29) is 0 Å². The van der Waals surface area contributed by atoms with E-state index in [4.69, 9.17) is 4.74 Å². The van der Waals surface area contributed by atoms with Crippen LogP contribution in [0.2, 0.25) is 0 Å². The Balaban J connectivity index is 1.90. The zero-order chi connectivity index (χ0) is 15.3. The SMILES string of the molecule is COc1ccc2[nH]c(C(=O)O)c(C3CN4CCC3CC4)c2c1. The van der Waals surface area contributed by atoms with Crippen molar-refractivity contribution in [3.05, 3.63) is 29.5 Å². The van der Waals surface area contributed by atoms with Crippen molar-refractivity contribution < 1.29 is 14.6 Å². The summed E-state index contributed by atoms with van der Waals surface area (Å²) in [5, 5.41) is 10.6. The van der Waals surface area contributed by atoms with Crippen LogP contribution >= 0.6 is 0 Å². The van der Waals surface area contributed by atoms with Gasteiger partial charge in [-0.2, -0.15) is 0 Å². The molecule has 0 aliphatic carbocycles. The number of carbonyl (C=O) groups is 1. The van der Waals surface area contributed by atoms with Gasteiger partial charge in [0.05, 0.1) is 7.11 Å². The maximum absolute atomic E-state index is 11.7. The summed E-state index contributed by atoms with van der Waals surface area (Å²) in [6, 6.07) is 5.74. The van der Waals surface area contributed by atoms with Gasteiger partial charge in [-0.15, -0.1) is 0 Å². The van der Waals surface area contributed by atoms with Crippen LogP contribution in [0.3, 0.4) is 0 Å². The van der Waals surface area contributed by atoms with Crippen molar-refractivity contribution in [1.29, 1.82) is 0 Å². The van der Waals surface area contributed by atoms with E-state index in [0.717, 1.165) is 41.9 Å². The summed E-state index contributed by atoms with van der Waals surface area (Å²) in [4.78, 5) is 17.3. The smallest absolute Gasteiger partial charge is 0.352 e. The molecule has 2 bridgehead atoms. The molecule has 2 aromatic rings. The molecule has 1 atom stereocenters. The molecule has 3 aliphatic rings. The van der Waals surface area contributed by atoms with Crippen LogP contribution in [0.4, 0.5) is 0 Å². The van der Waals surface area contributed by atoms with Crippen LogP contribution < -0.4 is 4.74 Å². The molecular formula is C17H20N2O3. The lowest BCUT2D eigenvalue weighted by molar-refractivity contribution is 0.0675. The minimum atomic E-state index is -0.874. The first kappa shape index (κ1) is 13.6. The van der Waals surface area contributed by atoms with Gasteiger partial charge < -0.3 is 19.7 Å². The number of rotatable bonds is 3. The van der Waals surface area contributed by atoms with Crippen LogP contribution in [0.5, 0.6) is 5.75 Å². The number of piperidine rings is 3. The average molecular weight is 300 g/mol. The van der Waals surface area contributed by atoms with Crippen LogP contribution in [0.1, 0.15) is 34.8 Å². The Morgan fingerprint density at radius 2 is 2.14 bits per heavy atom. The van der Waals surface area contributed by atoms with Gasteiger partial charge in [-0.3, -0.25) is 0 Å². The zero-order valence-electron chi connectivity index (χ0n) is 12.6. The number of nitrogens with zero attached hydrogens (tertiary/aromatic N) is 1. The molecule has 3 fully saturated rings.